The fourth-order valence-electron chi connectivity index (χ4n) is 1.93. The van der Waals surface area contributed by atoms with Gasteiger partial charge in [-0.15, -0.1) is 11.3 Å². The fraction of sp³-hybridized carbons (Fsp3) is 0.333. The van der Waals surface area contributed by atoms with E-state index in [-0.39, 0.29) is 0 Å². The lowest BCUT2D eigenvalue weighted by Crippen LogP contribution is -2.21. The number of nitrogens with zero attached hydrogens (tertiary/aromatic N) is 3. The van der Waals surface area contributed by atoms with Crippen LogP contribution in [0.2, 0.25) is 5.02 Å². The highest BCUT2D eigenvalue weighted by Gasteiger charge is 2.08. The molecule has 0 bridgehead atoms. The van der Waals surface area contributed by atoms with Crippen LogP contribution in [0.15, 0.2) is 24.4 Å². The van der Waals surface area contributed by atoms with Gasteiger partial charge in [-0.05, 0) is 32.0 Å². The number of aromatic nitrogens is 1. The third kappa shape index (κ3) is 3.87. The summed E-state index contributed by atoms with van der Waals surface area (Å²) in [6, 6.07) is 7.44. The summed E-state index contributed by atoms with van der Waals surface area (Å²) in [7, 11) is 0. The van der Waals surface area contributed by atoms with Crippen LogP contribution in [-0.4, -0.2) is 18.1 Å². The summed E-state index contributed by atoms with van der Waals surface area (Å²) in [5.74, 6) is 0. The maximum absolute atomic E-state index is 8.97. The van der Waals surface area contributed by atoms with Crippen molar-refractivity contribution in [2.24, 2.45) is 0 Å². The minimum absolute atomic E-state index is 0.477. The van der Waals surface area contributed by atoms with Crippen molar-refractivity contribution in [1.82, 2.24) is 4.98 Å². The molecule has 0 fully saturated rings. The lowest BCUT2D eigenvalue weighted by molar-refractivity contribution is 0.860. The number of thiazole rings is 1. The van der Waals surface area contributed by atoms with E-state index in [0.717, 1.165) is 28.8 Å². The van der Waals surface area contributed by atoms with Crippen molar-refractivity contribution in [3.8, 4) is 6.07 Å². The number of halogens is 1. The molecule has 0 aliphatic heterocycles. The average molecular weight is 321 g/mol. The van der Waals surface area contributed by atoms with E-state index in [4.69, 9.17) is 16.9 Å². The molecule has 0 saturated heterocycles. The molecule has 0 spiro atoms. The predicted molar refractivity (Wildman–Crippen MR) is 89.2 cm³/mol. The minimum atomic E-state index is 0.477. The largest absolute Gasteiger partial charge is 0.380 e. The van der Waals surface area contributed by atoms with Crippen LogP contribution in [0.3, 0.4) is 0 Å². The summed E-state index contributed by atoms with van der Waals surface area (Å²) in [6.07, 6.45) is 1.90. The van der Waals surface area contributed by atoms with Crippen LogP contribution in [0.1, 0.15) is 24.3 Å². The van der Waals surface area contributed by atoms with Gasteiger partial charge in [0, 0.05) is 29.9 Å². The number of nitrogens with one attached hydrogen (secondary N) is 1. The summed E-state index contributed by atoms with van der Waals surface area (Å²) >= 11 is 7.60. The smallest absolute Gasteiger partial charge is 0.185 e. The molecule has 1 aromatic heterocycles. The molecule has 0 saturated carbocycles. The number of hydrogen-bond acceptors (Lipinski definition) is 5. The van der Waals surface area contributed by atoms with Gasteiger partial charge < -0.3 is 10.2 Å². The van der Waals surface area contributed by atoms with Crippen LogP contribution >= 0.6 is 22.9 Å². The number of anilines is 2. The molecule has 110 valence electrons. The average Bonchev–Trinajstić information content (AvgIpc) is 2.96. The molecule has 0 amide bonds. The third-order valence-electron chi connectivity index (χ3n) is 3.13. The summed E-state index contributed by atoms with van der Waals surface area (Å²) in [4.78, 5) is 7.83. The second-order valence-electron chi connectivity index (χ2n) is 4.44. The number of hydrogen-bond donors (Lipinski definition) is 1. The standard InChI is InChI=1S/C15H17ClN4S/c1-3-20(4-2)15-19-10-13(21-15)9-18-12-5-6-14(16)11(7-12)8-17/h5-7,10,18H,3-4,9H2,1-2H3. The van der Waals surface area contributed by atoms with Gasteiger partial charge in [0.2, 0.25) is 0 Å². The maximum Gasteiger partial charge on any atom is 0.185 e. The lowest BCUT2D eigenvalue weighted by atomic mass is 10.2. The maximum atomic E-state index is 8.97. The Morgan fingerprint density at radius 2 is 2.14 bits per heavy atom. The lowest BCUT2D eigenvalue weighted by Gasteiger charge is -2.16. The van der Waals surface area contributed by atoms with Gasteiger partial charge >= 0.3 is 0 Å². The number of rotatable bonds is 6. The van der Waals surface area contributed by atoms with Crippen molar-refractivity contribution in [1.29, 1.82) is 5.26 Å². The zero-order chi connectivity index (χ0) is 15.2. The first-order chi connectivity index (χ1) is 10.2. The molecular formula is C15H17ClN4S. The Morgan fingerprint density at radius 3 is 2.81 bits per heavy atom. The second kappa shape index (κ2) is 7.30. The summed E-state index contributed by atoms with van der Waals surface area (Å²) < 4.78 is 0. The molecule has 1 heterocycles. The van der Waals surface area contributed by atoms with E-state index in [1.165, 1.54) is 0 Å². The van der Waals surface area contributed by atoms with Crippen LogP contribution in [0.4, 0.5) is 10.8 Å². The first kappa shape index (κ1) is 15.6. The molecule has 0 radical (unpaired) electrons. The second-order valence-corrected chi connectivity index (χ2v) is 5.94. The van der Waals surface area contributed by atoms with Crippen LogP contribution in [0, 0.1) is 11.3 Å². The van der Waals surface area contributed by atoms with E-state index in [9.17, 15) is 0 Å². The molecule has 1 aromatic carbocycles. The minimum Gasteiger partial charge on any atom is -0.380 e. The molecule has 0 atom stereocenters. The quantitative estimate of drug-likeness (QED) is 0.869. The molecule has 4 nitrogen and oxygen atoms in total. The molecule has 1 N–H and O–H groups in total. The third-order valence-corrected chi connectivity index (χ3v) is 4.52. The Morgan fingerprint density at radius 1 is 1.38 bits per heavy atom. The van der Waals surface area contributed by atoms with Crippen molar-refractivity contribution in [2.45, 2.75) is 20.4 Å². The van der Waals surface area contributed by atoms with E-state index in [1.54, 1.807) is 23.5 Å². The Balaban J connectivity index is 2.02. The molecule has 0 aliphatic rings. The zero-order valence-corrected chi connectivity index (χ0v) is 13.6. The molecule has 21 heavy (non-hydrogen) atoms. The first-order valence-corrected chi connectivity index (χ1v) is 8.00. The molecule has 6 heteroatoms. The highest BCUT2D eigenvalue weighted by atomic mass is 35.5. The Bertz CT molecular complexity index is 643. The van der Waals surface area contributed by atoms with Gasteiger partial charge in [-0.2, -0.15) is 5.26 Å². The van der Waals surface area contributed by atoms with E-state index >= 15 is 0 Å². The van der Waals surface area contributed by atoms with Gasteiger partial charge in [-0.1, -0.05) is 11.6 Å². The van der Waals surface area contributed by atoms with Crippen molar-refractivity contribution < 1.29 is 0 Å². The molecule has 0 aliphatic carbocycles. The van der Waals surface area contributed by atoms with Gasteiger partial charge in [-0.25, -0.2) is 4.98 Å². The molecule has 2 rings (SSSR count). The Kier molecular flexibility index (Phi) is 5.43. The van der Waals surface area contributed by atoms with E-state index in [1.807, 2.05) is 12.3 Å². The normalized spacial score (nSPS) is 10.2. The van der Waals surface area contributed by atoms with Crippen molar-refractivity contribution in [2.75, 3.05) is 23.3 Å². The van der Waals surface area contributed by atoms with Gasteiger partial charge in [-0.3, -0.25) is 0 Å². The van der Waals surface area contributed by atoms with Gasteiger partial charge in [0.05, 0.1) is 17.1 Å². The van der Waals surface area contributed by atoms with E-state index in [2.05, 4.69) is 35.1 Å². The number of benzene rings is 1. The predicted octanol–water partition coefficient (Wildman–Crippen LogP) is 4.13. The summed E-state index contributed by atoms with van der Waals surface area (Å²) in [5.41, 5.74) is 1.36. The van der Waals surface area contributed by atoms with Crippen LogP contribution in [0.25, 0.3) is 0 Å². The summed E-state index contributed by atoms with van der Waals surface area (Å²) in [6.45, 7) is 6.85. The van der Waals surface area contributed by atoms with E-state index in [0.29, 0.717) is 17.1 Å². The monoisotopic (exact) mass is 320 g/mol. The van der Waals surface area contributed by atoms with Gasteiger partial charge in [0.15, 0.2) is 5.13 Å². The summed E-state index contributed by atoms with van der Waals surface area (Å²) in [5, 5.41) is 13.8. The molecule has 2 aromatic rings. The zero-order valence-electron chi connectivity index (χ0n) is 12.1. The highest BCUT2D eigenvalue weighted by Crippen LogP contribution is 2.24. The van der Waals surface area contributed by atoms with E-state index < -0.39 is 0 Å². The Labute approximate surface area is 134 Å². The van der Waals surface area contributed by atoms with Gasteiger partial charge in [0.1, 0.15) is 6.07 Å². The SMILES string of the molecule is CCN(CC)c1ncc(CNc2ccc(Cl)c(C#N)c2)s1. The first-order valence-electron chi connectivity index (χ1n) is 6.81. The topological polar surface area (TPSA) is 52.0 Å². The van der Waals surface area contributed by atoms with Crippen molar-refractivity contribution >= 4 is 33.8 Å². The van der Waals surface area contributed by atoms with Gasteiger partial charge in [0.25, 0.3) is 0 Å². The van der Waals surface area contributed by atoms with Crippen LogP contribution in [-0.2, 0) is 6.54 Å². The number of nitriles is 1. The highest BCUT2D eigenvalue weighted by molar-refractivity contribution is 7.15. The molecule has 0 unspecified atom stereocenters. The Hall–Kier alpha value is -1.77. The van der Waals surface area contributed by atoms with Crippen molar-refractivity contribution in [3.05, 3.63) is 39.9 Å². The van der Waals surface area contributed by atoms with Crippen LogP contribution < -0.4 is 10.2 Å². The van der Waals surface area contributed by atoms with Crippen LogP contribution in [0.5, 0.6) is 0 Å². The fourth-order valence-corrected chi connectivity index (χ4v) is 3.07. The van der Waals surface area contributed by atoms with Crippen molar-refractivity contribution in [3.63, 3.8) is 0 Å². The molecular weight excluding hydrogens is 304 g/mol.